The summed E-state index contributed by atoms with van der Waals surface area (Å²) in [5.41, 5.74) is 0.800. The number of nitrogens with zero attached hydrogens (tertiary/aromatic N) is 6. The van der Waals surface area contributed by atoms with Crippen molar-refractivity contribution in [2.24, 2.45) is 0 Å². The van der Waals surface area contributed by atoms with Crippen molar-refractivity contribution in [2.45, 2.75) is 6.54 Å². The van der Waals surface area contributed by atoms with E-state index in [2.05, 4.69) is 25.4 Å². The number of rotatable bonds is 5. The number of nitro benzene ring substituents is 1. The van der Waals surface area contributed by atoms with Crippen LogP contribution in [-0.2, 0) is 6.54 Å². The van der Waals surface area contributed by atoms with Gasteiger partial charge in [-0.25, -0.2) is 4.98 Å². The van der Waals surface area contributed by atoms with Gasteiger partial charge in [0.25, 0.3) is 11.6 Å². The molecule has 26 heavy (non-hydrogen) atoms. The van der Waals surface area contributed by atoms with Crippen LogP contribution in [0.2, 0.25) is 4.34 Å². The quantitative estimate of drug-likeness (QED) is 0.412. The predicted molar refractivity (Wildman–Crippen MR) is 97.8 cm³/mol. The Bertz CT molecular complexity index is 1100. The number of halogens is 1. The van der Waals surface area contributed by atoms with Crippen molar-refractivity contribution in [1.29, 1.82) is 0 Å². The van der Waals surface area contributed by atoms with E-state index >= 15 is 0 Å². The monoisotopic (exact) mass is 387 g/mol. The molecule has 0 atom stereocenters. The Balaban J connectivity index is 1.69. The van der Waals surface area contributed by atoms with E-state index in [1.54, 1.807) is 18.2 Å². The maximum atomic E-state index is 10.9. The summed E-state index contributed by atoms with van der Waals surface area (Å²) in [7, 11) is 0. The van der Waals surface area contributed by atoms with Crippen LogP contribution in [0.25, 0.3) is 16.2 Å². The summed E-state index contributed by atoms with van der Waals surface area (Å²) < 4.78 is 2.04. The van der Waals surface area contributed by atoms with Gasteiger partial charge < -0.3 is 5.32 Å². The molecule has 0 radical (unpaired) electrons. The minimum Gasteiger partial charge on any atom is -0.365 e. The summed E-state index contributed by atoms with van der Waals surface area (Å²) in [6, 6.07) is 8.20. The van der Waals surface area contributed by atoms with Crippen LogP contribution in [0.3, 0.4) is 0 Å². The topological polar surface area (TPSA) is 112 Å². The SMILES string of the molecule is O=[N+]([O-])c1cccc(CNc2nc(-n3cncn3)nc3sc(Cl)cc23)c1. The highest BCUT2D eigenvalue weighted by Gasteiger charge is 2.13. The van der Waals surface area contributed by atoms with Crippen LogP contribution >= 0.6 is 22.9 Å². The first-order valence-electron chi connectivity index (χ1n) is 7.39. The molecule has 0 aliphatic rings. The van der Waals surface area contributed by atoms with Gasteiger partial charge in [-0.05, 0) is 11.6 Å². The van der Waals surface area contributed by atoms with Gasteiger partial charge in [-0.15, -0.1) is 11.3 Å². The second-order valence-corrected chi connectivity index (χ2v) is 6.92. The Morgan fingerprint density at radius 2 is 2.19 bits per heavy atom. The van der Waals surface area contributed by atoms with Crippen molar-refractivity contribution in [3.63, 3.8) is 0 Å². The van der Waals surface area contributed by atoms with Crippen molar-refractivity contribution >= 4 is 44.7 Å². The van der Waals surface area contributed by atoms with Gasteiger partial charge in [-0.2, -0.15) is 19.7 Å². The molecule has 4 aromatic rings. The smallest absolute Gasteiger partial charge is 0.269 e. The summed E-state index contributed by atoms with van der Waals surface area (Å²) in [4.78, 5) is 24.0. The van der Waals surface area contributed by atoms with Crippen molar-refractivity contribution < 1.29 is 4.92 Å². The van der Waals surface area contributed by atoms with Crippen molar-refractivity contribution in [1.82, 2.24) is 24.7 Å². The molecule has 0 fully saturated rings. The number of nitro groups is 1. The van der Waals surface area contributed by atoms with E-state index in [9.17, 15) is 10.1 Å². The van der Waals surface area contributed by atoms with E-state index in [1.807, 2.05) is 0 Å². The Kier molecular flexibility index (Phi) is 4.19. The molecule has 11 heteroatoms. The average molecular weight is 388 g/mol. The number of benzene rings is 1. The number of aromatic nitrogens is 5. The predicted octanol–water partition coefficient (Wildman–Crippen LogP) is 3.45. The lowest BCUT2D eigenvalue weighted by Crippen LogP contribution is -2.07. The molecule has 0 spiro atoms. The van der Waals surface area contributed by atoms with Crippen LogP contribution < -0.4 is 5.32 Å². The van der Waals surface area contributed by atoms with Crippen LogP contribution in [-0.4, -0.2) is 29.7 Å². The lowest BCUT2D eigenvalue weighted by molar-refractivity contribution is -0.384. The summed E-state index contributed by atoms with van der Waals surface area (Å²) in [6.07, 6.45) is 2.89. The van der Waals surface area contributed by atoms with Gasteiger partial charge in [-0.1, -0.05) is 23.7 Å². The van der Waals surface area contributed by atoms with Gasteiger partial charge in [0.15, 0.2) is 0 Å². The number of nitrogens with one attached hydrogen (secondary N) is 1. The Labute approximate surface area is 155 Å². The zero-order chi connectivity index (χ0) is 18.1. The number of thiophene rings is 1. The molecule has 9 nitrogen and oxygen atoms in total. The van der Waals surface area contributed by atoms with Crippen LogP contribution in [0.15, 0.2) is 43.0 Å². The number of fused-ring (bicyclic) bond motifs is 1. The molecule has 1 N–H and O–H groups in total. The lowest BCUT2D eigenvalue weighted by atomic mass is 10.2. The van der Waals surface area contributed by atoms with E-state index in [0.29, 0.717) is 27.5 Å². The van der Waals surface area contributed by atoms with Gasteiger partial charge >= 0.3 is 0 Å². The van der Waals surface area contributed by atoms with E-state index < -0.39 is 4.92 Å². The van der Waals surface area contributed by atoms with Crippen molar-refractivity contribution in [3.05, 3.63) is 63.0 Å². The van der Waals surface area contributed by atoms with Gasteiger partial charge in [0.2, 0.25) is 0 Å². The van der Waals surface area contributed by atoms with Gasteiger partial charge in [0, 0.05) is 18.7 Å². The molecule has 4 rings (SSSR count). The number of anilines is 1. The highest BCUT2D eigenvalue weighted by molar-refractivity contribution is 7.22. The fourth-order valence-electron chi connectivity index (χ4n) is 2.40. The van der Waals surface area contributed by atoms with Crippen LogP contribution in [0.5, 0.6) is 0 Å². The van der Waals surface area contributed by atoms with Gasteiger partial charge in [0.05, 0.1) is 14.6 Å². The Hall–Kier alpha value is -3.11. The number of non-ortho nitro benzene ring substituents is 1. The van der Waals surface area contributed by atoms with E-state index in [1.165, 1.54) is 40.8 Å². The molecule has 0 saturated heterocycles. The third-order valence-electron chi connectivity index (χ3n) is 3.56. The van der Waals surface area contributed by atoms with E-state index in [0.717, 1.165) is 10.9 Å². The number of hydrogen-bond donors (Lipinski definition) is 1. The molecule has 3 heterocycles. The first-order chi connectivity index (χ1) is 12.6. The molecule has 130 valence electrons. The molecule has 3 aromatic heterocycles. The molecular formula is C15H10ClN7O2S. The second-order valence-electron chi connectivity index (χ2n) is 5.26. The van der Waals surface area contributed by atoms with Crippen LogP contribution in [0.1, 0.15) is 5.56 Å². The first-order valence-corrected chi connectivity index (χ1v) is 8.59. The van der Waals surface area contributed by atoms with Crippen molar-refractivity contribution in [2.75, 3.05) is 5.32 Å². The highest BCUT2D eigenvalue weighted by Crippen LogP contribution is 2.32. The summed E-state index contributed by atoms with van der Waals surface area (Å²) in [6.45, 7) is 0.359. The largest absolute Gasteiger partial charge is 0.365 e. The lowest BCUT2D eigenvalue weighted by Gasteiger charge is -2.08. The Morgan fingerprint density at radius 3 is 2.96 bits per heavy atom. The Morgan fingerprint density at radius 1 is 1.31 bits per heavy atom. The summed E-state index contributed by atoms with van der Waals surface area (Å²) >= 11 is 7.45. The summed E-state index contributed by atoms with van der Waals surface area (Å²) in [5.74, 6) is 0.921. The standard InChI is InChI=1S/C15H10ClN7O2S/c16-12-5-11-13(18-6-9-2-1-3-10(4-9)23(24)25)20-15(21-14(11)26-12)22-8-17-7-19-22/h1-5,7-8H,6H2,(H,18,20,21). The third-order valence-corrected chi connectivity index (χ3v) is 4.71. The zero-order valence-electron chi connectivity index (χ0n) is 13.0. The average Bonchev–Trinajstić information content (AvgIpc) is 3.28. The minimum atomic E-state index is -0.423. The van der Waals surface area contributed by atoms with E-state index in [-0.39, 0.29) is 5.69 Å². The molecule has 0 unspecified atom stereocenters. The first kappa shape index (κ1) is 16.4. The zero-order valence-corrected chi connectivity index (χ0v) is 14.6. The van der Waals surface area contributed by atoms with Crippen LogP contribution in [0.4, 0.5) is 11.5 Å². The molecule has 0 bridgehead atoms. The van der Waals surface area contributed by atoms with Crippen molar-refractivity contribution in [3.8, 4) is 5.95 Å². The van der Waals surface area contributed by atoms with Crippen LogP contribution in [0, 0.1) is 10.1 Å². The molecule has 0 aliphatic heterocycles. The summed E-state index contributed by atoms with van der Waals surface area (Å²) in [5, 5.41) is 18.9. The van der Waals surface area contributed by atoms with Gasteiger partial charge in [0.1, 0.15) is 23.3 Å². The highest BCUT2D eigenvalue weighted by atomic mass is 35.5. The normalized spacial score (nSPS) is 11.0. The fraction of sp³-hybridized carbons (Fsp3) is 0.0667. The third kappa shape index (κ3) is 3.19. The molecule has 0 saturated carbocycles. The maximum Gasteiger partial charge on any atom is 0.269 e. The van der Waals surface area contributed by atoms with E-state index in [4.69, 9.17) is 11.6 Å². The molecule has 0 amide bonds. The molecule has 1 aromatic carbocycles. The van der Waals surface area contributed by atoms with Gasteiger partial charge in [-0.3, -0.25) is 10.1 Å². The molecular weight excluding hydrogens is 378 g/mol. The minimum absolute atomic E-state index is 0.0408. The second kappa shape index (κ2) is 6.65. The molecule has 0 aliphatic carbocycles. The maximum absolute atomic E-state index is 10.9. The number of hydrogen-bond acceptors (Lipinski definition) is 8. The fourth-order valence-corrected chi connectivity index (χ4v) is 3.48.